The molecule has 9 heteroatoms. The van der Waals surface area contributed by atoms with E-state index in [-0.39, 0.29) is 12.0 Å². The molecule has 0 bridgehead atoms. The van der Waals surface area contributed by atoms with E-state index >= 15 is 0 Å². The lowest BCUT2D eigenvalue weighted by Gasteiger charge is -2.13. The number of amides is 1. The molecule has 3 aromatic rings. The monoisotopic (exact) mass is 401 g/mol. The topological polar surface area (TPSA) is 91.2 Å². The Morgan fingerprint density at radius 2 is 2.11 bits per heavy atom. The third-order valence-electron chi connectivity index (χ3n) is 3.88. The van der Waals surface area contributed by atoms with Gasteiger partial charge in [-0.25, -0.2) is 0 Å². The van der Waals surface area contributed by atoms with Crippen molar-refractivity contribution in [2.75, 3.05) is 12.4 Å². The number of ether oxygens (including phenoxy) is 2. The van der Waals surface area contributed by atoms with Crippen molar-refractivity contribution in [2.45, 2.75) is 26.6 Å². The summed E-state index contributed by atoms with van der Waals surface area (Å²) < 4.78 is 12.4. The van der Waals surface area contributed by atoms with Gasteiger partial charge in [0.1, 0.15) is 12.1 Å². The summed E-state index contributed by atoms with van der Waals surface area (Å²) in [6.07, 6.45) is 1.54. The first-order valence-electron chi connectivity index (χ1n) is 8.60. The number of halogens is 1. The van der Waals surface area contributed by atoms with Crippen LogP contribution in [0.15, 0.2) is 42.7 Å². The fourth-order valence-corrected chi connectivity index (χ4v) is 2.79. The molecule has 0 spiro atoms. The van der Waals surface area contributed by atoms with Gasteiger partial charge in [-0.2, -0.15) is 4.68 Å². The number of carbonyl (C=O) groups excluding carboxylic acids is 1. The zero-order chi connectivity index (χ0) is 20.1. The van der Waals surface area contributed by atoms with Crippen LogP contribution in [0.5, 0.6) is 5.75 Å². The second-order valence-corrected chi connectivity index (χ2v) is 6.68. The van der Waals surface area contributed by atoms with Gasteiger partial charge in [0.2, 0.25) is 0 Å². The summed E-state index contributed by atoms with van der Waals surface area (Å²) in [5.74, 6) is 0.00985. The standard InChI is InChI=1S/C19H20ClN5O3/c1-12(2)28-10-13-5-4-6-14(7-13)22-19(26)15-8-16(20)17(9-18(15)27-3)25-11-21-23-24-25/h4-9,11-12H,10H2,1-3H3,(H,22,26). The largest absolute Gasteiger partial charge is 0.496 e. The maximum atomic E-state index is 12.8. The van der Waals surface area contributed by atoms with Gasteiger partial charge in [0.05, 0.1) is 36.1 Å². The van der Waals surface area contributed by atoms with E-state index in [0.29, 0.717) is 34.3 Å². The molecular weight excluding hydrogens is 382 g/mol. The second-order valence-electron chi connectivity index (χ2n) is 6.27. The van der Waals surface area contributed by atoms with Crippen molar-refractivity contribution < 1.29 is 14.3 Å². The van der Waals surface area contributed by atoms with Crippen LogP contribution in [0.25, 0.3) is 5.69 Å². The predicted molar refractivity (Wildman–Crippen MR) is 105 cm³/mol. The molecule has 1 N–H and O–H groups in total. The van der Waals surface area contributed by atoms with E-state index in [1.54, 1.807) is 12.1 Å². The molecule has 0 fully saturated rings. The van der Waals surface area contributed by atoms with E-state index in [1.807, 2.05) is 32.0 Å². The summed E-state index contributed by atoms with van der Waals surface area (Å²) in [5.41, 5.74) is 2.42. The van der Waals surface area contributed by atoms with Gasteiger partial charge in [-0.05, 0) is 48.0 Å². The van der Waals surface area contributed by atoms with E-state index in [4.69, 9.17) is 21.1 Å². The number of carbonyl (C=O) groups is 1. The smallest absolute Gasteiger partial charge is 0.259 e. The molecule has 0 aliphatic rings. The Kier molecular flexibility index (Phi) is 6.23. The molecule has 146 valence electrons. The minimum atomic E-state index is -0.344. The summed E-state index contributed by atoms with van der Waals surface area (Å²) in [6.45, 7) is 4.42. The maximum absolute atomic E-state index is 12.8. The number of hydrogen-bond acceptors (Lipinski definition) is 6. The van der Waals surface area contributed by atoms with Crippen LogP contribution in [0.2, 0.25) is 5.02 Å². The van der Waals surface area contributed by atoms with E-state index < -0.39 is 0 Å². The maximum Gasteiger partial charge on any atom is 0.259 e. The molecule has 0 unspecified atom stereocenters. The molecule has 2 aromatic carbocycles. The molecule has 0 aliphatic heterocycles. The van der Waals surface area contributed by atoms with E-state index in [0.717, 1.165) is 5.56 Å². The number of rotatable bonds is 7. The normalized spacial score (nSPS) is 10.9. The minimum absolute atomic E-state index is 0.128. The van der Waals surface area contributed by atoms with Crippen molar-refractivity contribution in [3.8, 4) is 11.4 Å². The average Bonchev–Trinajstić information content (AvgIpc) is 3.21. The Morgan fingerprint density at radius 1 is 1.29 bits per heavy atom. The summed E-state index contributed by atoms with van der Waals surface area (Å²) in [4.78, 5) is 12.8. The van der Waals surface area contributed by atoms with Gasteiger partial charge in [0.25, 0.3) is 5.91 Å². The fraction of sp³-hybridized carbons (Fsp3) is 0.263. The molecule has 0 aliphatic carbocycles. The lowest BCUT2D eigenvalue weighted by atomic mass is 10.1. The van der Waals surface area contributed by atoms with E-state index in [1.165, 1.54) is 24.2 Å². The molecular formula is C19H20ClN5O3. The number of benzene rings is 2. The number of tetrazole rings is 1. The lowest BCUT2D eigenvalue weighted by molar-refractivity contribution is 0.0657. The number of aromatic nitrogens is 4. The Labute approximate surface area is 167 Å². The molecule has 1 aromatic heterocycles. The van der Waals surface area contributed by atoms with Gasteiger partial charge >= 0.3 is 0 Å². The zero-order valence-electron chi connectivity index (χ0n) is 15.7. The fourth-order valence-electron chi connectivity index (χ4n) is 2.54. The second kappa shape index (κ2) is 8.81. The molecule has 3 rings (SSSR count). The Morgan fingerprint density at radius 3 is 2.79 bits per heavy atom. The first-order valence-corrected chi connectivity index (χ1v) is 8.98. The van der Waals surface area contributed by atoms with Gasteiger partial charge in [0, 0.05) is 11.8 Å². The van der Waals surface area contributed by atoms with Crippen LogP contribution < -0.4 is 10.1 Å². The lowest BCUT2D eigenvalue weighted by Crippen LogP contribution is -2.14. The van der Waals surface area contributed by atoms with Gasteiger partial charge in [-0.15, -0.1) is 5.10 Å². The van der Waals surface area contributed by atoms with Gasteiger partial charge < -0.3 is 14.8 Å². The van der Waals surface area contributed by atoms with Crippen molar-refractivity contribution in [3.05, 3.63) is 58.9 Å². The van der Waals surface area contributed by atoms with Crippen molar-refractivity contribution in [3.63, 3.8) is 0 Å². The molecule has 28 heavy (non-hydrogen) atoms. The van der Waals surface area contributed by atoms with Crippen LogP contribution in [0.4, 0.5) is 5.69 Å². The van der Waals surface area contributed by atoms with Crippen molar-refractivity contribution in [1.82, 2.24) is 20.2 Å². The summed E-state index contributed by atoms with van der Waals surface area (Å²) in [7, 11) is 1.48. The molecule has 1 heterocycles. The van der Waals surface area contributed by atoms with Gasteiger partial charge in [-0.1, -0.05) is 23.7 Å². The van der Waals surface area contributed by atoms with Crippen LogP contribution >= 0.6 is 11.6 Å². The number of anilines is 1. The van der Waals surface area contributed by atoms with E-state index in [9.17, 15) is 4.79 Å². The van der Waals surface area contributed by atoms with Gasteiger partial charge in [0.15, 0.2) is 0 Å². The highest BCUT2D eigenvalue weighted by molar-refractivity contribution is 6.33. The number of nitrogens with zero attached hydrogens (tertiary/aromatic N) is 4. The van der Waals surface area contributed by atoms with Gasteiger partial charge in [-0.3, -0.25) is 4.79 Å². The molecule has 0 saturated carbocycles. The minimum Gasteiger partial charge on any atom is -0.496 e. The quantitative estimate of drug-likeness (QED) is 0.651. The third kappa shape index (κ3) is 4.65. The predicted octanol–water partition coefficient (Wildman–Crippen LogP) is 3.50. The van der Waals surface area contributed by atoms with Crippen LogP contribution in [-0.2, 0) is 11.3 Å². The SMILES string of the molecule is COc1cc(-n2cnnn2)c(Cl)cc1C(=O)Nc1cccc(COC(C)C)c1. The third-order valence-corrected chi connectivity index (χ3v) is 4.18. The van der Waals surface area contributed by atoms with E-state index in [2.05, 4.69) is 20.8 Å². The van der Waals surface area contributed by atoms with Crippen LogP contribution in [0.1, 0.15) is 29.8 Å². The van der Waals surface area contributed by atoms with Crippen LogP contribution in [-0.4, -0.2) is 39.3 Å². The van der Waals surface area contributed by atoms with Crippen LogP contribution in [0.3, 0.4) is 0 Å². The molecule has 8 nitrogen and oxygen atoms in total. The highest BCUT2D eigenvalue weighted by Crippen LogP contribution is 2.30. The number of hydrogen-bond donors (Lipinski definition) is 1. The molecule has 0 atom stereocenters. The first kappa shape index (κ1) is 19.8. The molecule has 0 saturated heterocycles. The zero-order valence-corrected chi connectivity index (χ0v) is 16.5. The summed E-state index contributed by atoms with van der Waals surface area (Å²) >= 11 is 6.32. The number of methoxy groups -OCH3 is 1. The number of nitrogens with one attached hydrogen (secondary N) is 1. The highest BCUT2D eigenvalue weighted by atomic mass is 35.5. The molecule has 0 radical (unpaired) electrons. The molecule has 1 amide bonds. The Balaban J connectivity index is 1.83. The Bertz CT molecular complexity index is 960. The van der Waals surface area contributed by atoms with Crippen molar-refractivity contribution in [1.29, 1.82) is 0 Å². The first-order chi connectivity index (χ1) is 13.5. The Hall–Kier alpha value is -2.97. The van der Waals surface area contributed by atoms with Crippen LogP contribution in [0, 0.1) is 0 Å². The summed E-state index contributed by atoms with van der Waals surface area (Å²) in [5, 5.41) is 14.2. The summed E-state index contributed by atoms with van der Waals surface area (Å²) in [6, 6.07) is 10.6. The van der Waals surface area contributed by atoms with Crippen molar-refractivity contribution >= 4 is 23.2 Å². The van der Waals surface area contributed by atoms with Crippen molar-refractivity contribution in [2.24, 2.45) is 0 Å². The highest BCUT2D eigenvalue weighted by Gasteiger charge is 2.18. The average molecular weight is 402 g/mol.